The van der Waals surface area contributed by atoms with E-state index in [1.807, 2.05) is 62.4 Å². The van der Waals surface area contributed by atoms with Crippen LogP contribution >= 0.6 is 21.6 Å². The highest BCUT2D eigenvalue weighted by Crippen LogP contribution is 2.44. The van der Waals surface area contributed by atoms with Crippen LogP contribution in [0.15, 0.2) is 139 Å². The van der Waals surface area contributed by atoms with Crippen molar-refractivity contribution in [3.05, 3.63) is 120 Å². The van der Waals surface area contributed by atoms with Crippen molar-refractivity contribution in [2.45, 2.75) is 43.7 Å². The predicted molar refractivity (Wildman–Crippen MR) is 173 cm³/mol. The molecule has 0 radical (unpaired) electrons. The maximum Gasteiger partial charge on any atom is 0.224 e. The first-order valence-corrected chi connectivity index (χ1v) is 18.5. The standard InChI is InChI=1S/C32H26N4O4S4/c1-21-13-17-23(18-14-21)27-33-29(31(35-27)43(37,38)25-9-5-3-6-10-25)41-42-30-32(44(39,40)26-11-7-4-8-12-26)36-28(34-30)24-19-15-22(2)16-20-24/h3-20H,1-2H3,(H,33,35)(H,34,36). The van der Waals surface area contributed by atoms with Crippen LogP contribution in [0.1, 0.15) is 11.1 Å². The van der Waals surface area contributed by atoms with Gasteiger partial charge in [0.05, 0.1) is 9.79 Å². The van der Waals surface area contributed by atoms with E-state index < -0.39 is 19.7 Å². The molecule has 0 saturated heterocycles. The van der Waals surface area contributed by atoms with Gasteiger partial charge in [-0.3, -0.25) is 0 Å². The Balaban J connectivity index is 1.44. The Kier molecular flexibility index (Phi) is 8.25. The van der Waals surface area contributed by atoms with Crippen molar-refractivity contribution in [1.82, 2.24) is 19.9 Å². The molecule has 44 heavy (non-hydrogen) atoms. The van der Waals surface area contributed by atoms with Crippen molar-refractivity contribution >= 4 is 41.3 Å². The number of rotatable bonds is 9. The molecule has 0 fully saturated rings. The van der Waals surface area contributed by atoms with Gasteiger partial charge in [0, 0.05) is 11.1 Å². The average Bonchev–Trinajstić information content (AvgIpc) is 3.67. The molecule has 0 saturated carbocycles. The Bertz CT molecular complexity index is 1990. The minimum absolute atomic E-state index is 0.0847. The highest BCUT2D eigenvalue weighted by Gasteiger charge is 2.30. The van der Waals surface area contributed by atoms with Crippen molar-refractivity contribution in [3.8, 4) is 22.8 Å². The zero-order valence-electron chi connectivity index (χ0n) is 23.6. The highest BCUT2D eigenvalue weighted by molar-refractivity contribution is 8.76. The van der Waals surface area contributed by atoms with Gasteiger partial charge in [-0.05, 0) is 59.7 Å². The van der Waals surface area contributed by atoms with Crippen LogP contribution in [0.5, 0.6) is 0 Å². The number of aromatic amines is 2. The van der Waals surface area contributed by atoms with Crippen LogP contribution < -0.4 is 0 Å². The number of sulfone groups is 2. The molecule has 0 unspecified atom stereocenters. The van der Waals surface area contributed by atoms with Gasteiger partial charge >= 0.3 is 0 Å². The first-order valence-electron chi connectivity index (χ1n) is 13.4. The minimum atomic E-state index is -3.99. The van der Waals surface area contributed by atoms with E-state index in [-0.39, 0.29) is 29.9 Å². The SMILES string of the molecule is Cc1ccc(-c2nc(SSc3nc(-c4ccc(C)cc4)[nH]c3S(=O)(=O)c3ccccc3)c(S(=O)(=O)c3ccccc3)[nH]2)cc1. The molecule has 2 aromatic heterocycles. The Hall–Kier alpha value is -4.10. The summed E-state index contributed by atoms with van der Waals surface area (Å²) in [5, 5.41) is 0.187. The summed E-state index contributed by atoms with van der Waals surface area (Å²) in [6, 6.07) is 31.3. The molecule has 8 nitrogen and oxygen atoms in total. The maximum atomic E-state index is 13.8. The number of hydrogen-bond acceptors (Lipinski definition) is 8. The summed E-state index contributed by atoms with van der Waals surface area (Å²) in [5.74, 6) is 0.754. The van der Waals surface area contributed by atoms with Crippen molar-refractivity contribution < 1.29 is 16.8 Å². The first-order chi connectivity index (χ1) is 21.1. The molecule has 6 aromatic rings. The number of hydrogen-bond donors (Lipinski definition) is 2. The molecular formula is C32H26N4O4S4. The summed E-state index contributed by atoms with van der Waals surface area (Å²) in [5.41, 5.74) is 3.53. The van der Waals surface area contributed by atoms with Gasteiger partial charge in [-0.2, -0.15) is 0 Å². The van der Waals surface area contributed by atoms with Crippen molar-refractivity contribution in [2.24, 2.45) is 0 Å². The molecule has 0 aliphatic carbocycles. The lowest BCUT2D eigenvalue weighted by atomic mass is 10.1. The number of imidazole rings is 2. The number of nitrogens with one attached hydrogen (secondary N) is 2. The molecule has 4 aromatic carbocycles. The van der Waals surface area contributed by atoms with Crippen LogP contribution in [-0.4, -0.2) is 36.8 Å². The molecule has 2 heterocycles. The van der Waals surface area contributed by atoms with E-state index in [1.165, 1.54) is 24.3 Å². The number of aryl methyl sites for hydroxylation is 2. The third-order valence-electron chi connectivity index (χ3n) is 6.77. The maximum absolute atomic E-state index is 13.8. The van der Waals surface area contributed by atoms with Crippen LogP contribution in [0.3, 0.4) is 0 Å². The van der Waals surface area contributed by atoms with Gasteiger partial charge in [0.25, 0.3) is 0 Å². The van der Waals surface area contributed by atoms with Gasteiger partial charge in [-0.25, -0.2) is 26.8 Å². The molecule has 0 amide bonds. The highest BCUT2D eigenvalue weighted by atomic mass is 33.1. The van der Waals surface area contributed by atoms with E-state index >= 15 is 0 Å². The van der Waals surface area contributed by atoms with Gasteiger partial charge < -0.3 is 9.97 Å². The lowest BCUT2D eigenvalue weighted by Gasteiger charge is -2.06. The molecule has 0 spiro atoms. The van der Waals surface area contributed by atoms with Crippen molar-refractivity contribution in [1.29, 1.82) is 0 Å². The van der Waals surface area contributed by atoms with E-state index in [0.29, 0.717) is 22.8 Å². The molecule has 2 N–H and O–H groups in total. The predicted octanol–water partition coefficient (Wildman–Crippen LogP) is 7.55. The van der Waals surface area contributed by atoms with Crippen molar-refractivity contribution in [2.75, 3.05) is 0 Å². The Morgan fingerprint density at radius 3 is 1.18 bits per heavy atom. The molecule has 0 bridgehead atoms. The third-order valence-corrected chi connectivity index (χ3v) is 12.7. The summed E-state index contributed by atoms with van der Waals surface area (Å²) < 4.78 is 55.1. The number of benzene rings is 4. The second-order valence-electron chi connectivity index (χ2n) is 9.97. The van der Waals surface area contributed by atoms with Gasteiger partial charge in [-0.15, -0.1) is 0 Å². The smallest absolute Gasteiger partial charge is 0.224 e. The van der Waals surface area contributed by atoms with E-state index in [0.717, 1.165) is 32.7 Å². The molecule has 0 aliphatic heterocycles. The van der Waals surface area contributed by atoms with Crippen LogP contribution in [0.4, 0.5) is 0 Å². The molecule has 0 atom stereocenters. The number of aromatic nitrogens is 4. The number of nitrogens with zero attached hydrogens (tertiary/aromatic N) is 2. The van der Waals surface area contributed by atoms with Gasteiger partial charge in [0.15, 0.2) is 10.1 Å². The zero-order chi connectivity index (χ0) is 30.9. The minimum Gasteiger partial charge on any atom is -0.328 e. The summed E-state index contributed by atoms with van der Waals surface area (Å²) in [7, 11) is -5.93. The van der Waals surface area contributed by atoms with Gasteiger partial charge in [0.2, 0.25) is 19.7 Å². The Morgan fingerprint density at radius 1 is 0.500 bits per heavy atom. The van der Waals surface area contributed by atoms with Gasteiger partial charge in [0.1, 0.15) is 21.7 Å². The molecule has 222 valence electrons. The summed E-state index contributed by atoms with van der Waals surface area (Å²) in [6.07, 6.45) is 0. The van der Waals surface area contributed by atoms with E-state index in [9.17, 15) is 16.8 Å². The van der Waals surface area contributed by atoms with E-state index in [1.54, 1.807) is 36.4 Å². The topological polar surface area (TPSA) is 126 Å². The fraction of sp³-hybridized carbons (Fsp3) is 0.0625. The largest absolute Gasteiger partial charge is 0.328 e. The monoisotopic (exact) mass is 658 g/mol. The zero-order valence-corrected chi connectivity index (χ0v) is 26.8. The Labute approximate surface area is 263 Å². The Morgan fingerprint density at radius 2 is 0.841 bits per heavy atom. The second kappa shape index (κ2) is 12.1. The fourth-order valence-electron chi connectivity index (χ4n) is 4.37. The van der Waals surface area contributed by atoms with Crippen LogP contribution in [0.25, 0.3) is 22.8 Å². The molecular weight excluding hydrogens is 633 g/mol. The van der Waals surface area contributed by atoms with E-state index in [2.05, 4.69) is 19.9 Å². The fourth-order valence-corrected chi connectivity index (χ4v) is 9.98. The number of H-pyrrole nitrogens is 2. The van der Waals surface area contributed by atoms with E-state index in [4.69, 9.17) is 0 Å². The second-order valence-corrected chi connectivity index (χ2v) is 15.9. The lowest BCUT2D eigenvalue weighted by molar-refractivity contribution is 0.588. The average molecular weight is 659 g/mol. The molecule has 0 aliphatic rings. The molecule has 6 rings (SSSR count). The molecule has 12 heteroatoms. The quantitative estimate of drug-likeness (QED) is 0.153. The summed E-state index contributed by atoms with van der Waals surface area (Å²) >= 11 is 0. The van der Waals surface area contributed by atoms with Crippen molar-refractivity contribution in [3.63, 3.8) is 0 Å². The normalized spacial score (nSPS) is 12.0. The lowest BCUT2D eigenvalue weighted by Crippen LogP contribution is -2.04. The van der Waals surface area contributed by atoms with Crippen LogP contribution in [0, 0.1) is 13.8 Å². The summed E-state index contributed by atoms with van der Waals surface area (Å²) in [4.78, 5) is 15.6. The summed E-state index contributed by atoms with van der Waals surface area (Å²) in [6.45, 7) is 3.93. The van der Waals surface area contributed by atoms with Crippen LogP contribution in [-0.2, 0) is 19.7 Å². The van der Waals surface area contributed by atoms with Crippen LogP contribution in [0.2, 0.25) is 0 Å². The first kappa shape index (κ1) is 29.9. The van der Waals surface area contributed by atoms with Gasteiger partial charge in [-0.1, -0.05) is 96.1 Å². The third kappa shape index (κ3) is 5.98.